The number of benzene rings is 1. The van der Waals surface area contributed by atoms with Crippen molar-refractivity contribution in [1.82, 2.24) is 14.5 Å². The molecule has 0 amide bonds. The van der Waals surface area contributed by atoms with Gasteiger partial charge in [0, 0.05) is 42.0 Å². The van der Waals surface area contributed by atoms with Gasteiger partial charge >= 0.3 is 0 Å². The molecule has 0 N–H and O–H groups in total. The van der Waals surface area contributed by atoms with Crippen LogP contribution in [0.15, 0.2) is 36.5 Å². The second kappa shape index (κ2) is 5.38. The summed E-state index contributed by atoms with van der Waals surface area (Å²) in [5.41, 5.74) is 4.60. The van der Waals surface area contributed by atoms with Gasteiger partial charge in [0.2, 0.25) is 5.28 Å². The molecule has 5 heteroatoms. The molecule has 22 heavy (non-hydrogen) atoms. The molecule has 0 saturated carbocycles. The Balaban J connectivity index is 1.99. The normalized spacial score (nSPS) is 17.6. The monoisotopic (exact) mass is 313 g/mol. The fourth-order valence-corrected chi connectivity index (χ4v) is 3.52. The minimum atomic E-state index is 0.269. The number of nitrogens with zero attached hydrogens (tertiary/aromatic N) is 3. The van der Waals surface area contributed by atoms with Gasteiger partial charge in [0.25, 0.3) is 0 Å². The highest BCUT2D eigenvalue weighted by atomic mass is 35.5. The highest BCUT2D eigenvalue weighted by Gasteiger charge is 2.25. The minimum Gasteiger partial charge on any atom is -0.380 e. The van der Waals surface area contributed by atoms with Crippen molar-refractivity contribution < 1.29 is 4.74 Å². The van der Waals surface area contributed by atoms with Crippen molar-refractivity contribution in [3.63, 3.8) is 0 Å². The highest BCUT2D eigenvalue weighted by Crippen LogP contribution is 2.37. The quantitative estimate of drug-likeness (QED) is 0.677. The Morgan fingerprint density at radius 3 is 2.95 bits per heavy atom. The van der Waals surface area contributed by atoms with E-state index in [0.717, 1.165) is 25.1 Å². The predicted molar refractivity (Wildman–Crippen MR) is 87.1 cm³/mol. The number of halogens is 1. The van der Waals surface area contributed by atoms with E-state index >= 15 is 0 Å². The van der Waals surface area contributed by atoms with Crippen LogP contribution in [-0.4, -0.2) is 27.7 Å². The first-order valence-electron chi connectivity index (χ1n) is 7.39. The molecule has 4 rings (SSSR count). The van der Waals surface area contributed by atoms with Crippen LogP contribution in [0.5, 0.6) is 0 Å². The molecule has 3 heterocycles. The van der Waals surface area contributed by atoms with Crippen molar-refractivity contribution in [2.24, 2.45) is 0 Å². The van der Waals surface area contributed by atoms with Gasteiger partial charge in [0.15, 0.2) is 0 Å². The Bertz CT molecular complexity index is 843. The zero-order chi connectivity index (χ0) is 15.1. The lowest BCUT2D eigenvalue weighted by atomic mass is 10.0. The minimum absolute atomic E-state index is 0.269. The summed E-state index contributed by atoms with van der Waals surface area (Å²) in [5, 5.41) is 1.50. The number of fused-ring (bicyclic) bond motifs is 3. The van der Waals surface area contributed by atoms with Gasteiger partial charge in [0.05, 0.1) is 11.8 Å². The summed E-state index contributed by atoms with van der Waals surface area (Å²) in [4.78, 5) is 8.42. The second-order valence-corrected chi connectivity index (χ2v) is 5.89. The van der Waals surface area contributed by atoms with Gasteiger partial charge in [-0.25, -0.2) is 9.97 Å². The van der Waals surface area contributed by atoms with Crippen molar-refractivity contribution in [1.29, 1.82) is 0 Å². The van der Waals surface area contributed by atoms with Gasteiger partial charge in [-0.1, -0.05) is 18.2 Å². The largest absolute Gasteiger partial charge is 0.380 e. The number of methoxy groups -OCH3 is 1. The van der Waals surface area contributed by atoms with E-state index in [4.69, 9.17) is 16.3 Å². The first-order valence-corrected chi connectivity index (χ1v) is 7.77. The molecule has 1 unspecified atom stereocenters. The van der Waals surface area contributed by atoms with Crippen LogP contribution in [0, 0.1) is 0 Å². The van der Waals surface area contributed by atoms with Crippen molar-refractivity contribution >= 4 is 22.5 Å². The summed E-state index contributed by atoms with van der Waals surface area (Å²) < 4.78 is 7.92. The Hall–Kier alpha value is -1.91. The lowest BCUT2D eigenvalue weighted by molar-refractivity contribution is 0.0727. The summed E-state index contributed by atoms with van der Waals surface area (Å²) in [7, 11) is 1.78. The molecular formula is C17H16ClN3O. The molecule has 112 valence electrons. The van der Waals surface area contributed by atoms with Gasteiger partial charge in [-0.15, -0.1) is 0 Å². The molecule has 0 saturated heterocycles. The molecule has 4 nitrogen and oxygen atoms in total. The number of ether oxygens (including phenoxy) is 1. The van der Waals surface area contributed by atoms with E-state index in [1.165, 1.54) is 22.2 Å². The van der Waals surface area contributed by atoms with Crippen LogP contribution < -0.4 is 0 Å². The zero-order valence-electron chi connectivity index (χ0n) is 12.3. The van der Waals surface area contributed by atoms with E-state index in [2.05, 4.69) is 38.8 Å². The number of aromatic nitrogens is 3. The van der Waals surface area contributed by atoms with Gasteiger partial charge in [-0.2, -0.15) is 0 Å². The Morgan fingerprint density at radius 1 is 1.27 bits per heavy atom. The van der Waals surface area contributed by atoms with Crippen LogP contribution >= 0.6 is 11.6 Å². The number of para-hydroxylation sites is 1. The molecule has 2 aromatic heterocycles. The van der Waals surface area contributed by atoms with Crippen LogP contribution in [0.4, 0.5) is 0 Å². The van der Waals surface area contributed by atoms with E-state index in [1.54, 1.807) is 13.3 Å². The van der Waals surface area contributed by atoms with Gasteiger partial charge in [-0.05, 0) is 36.6 Å². The Morgan fingerprint density at radius 2 is 2.14 bits per heavy atom. The van der Waals surface area contributed by atoms with Crippen LogP contribution in [0.2, 0.25) is 5.28 Å². The predicted octanol–water partition coefficient (Wildman–Crippen LogP) is 3.71. The third-order valence-corrected chi connectivity index (χ3v) is 4.57. The maximum Gasteiger partial charge on any atom is 0.222 e. The van der Waals surface area contributed by atoms with Gasteiger partial charge in [-0.3, -0.25) is 0 Å². The number of hydrogen-bond donors (Lipinski definition) is 0. The number of hydrogen-bond acceptors (Lipinski definition) is 3. The molecule has 3 aromatic rings. The maximum absolute atomic E-state index is 5.99. The summed E-state index contributed by atoms with van der Waals surface area (Å²) in [6.07, 6.45) is 3.98. The number of rotatable bonds is 2. The SMILES string of the molecule is COC1CCc2c(-c3ccnc(Cl)n3)c3ccccc3n2C1. The molecular weight excluding hydrogens is 298 g/mol. The molecule has 1 aliphatic heterocycles. The molecule has 0 spiro atoms. The summed E-state index contributed by atoms with van der Waals surface area (Å²) in [5.74, 6) is 0. The smallest absolute Gasteiger partial charge is 0.222 e. The molecule has 0 fully saturated rings. The van der Waals surface area contributed by atoms with Crippen LogP contribution in [0.1, 0.15) is 12.1 Å². The third kappa shape index (κ3) is 2.11. The molecule has 1 aliphatic rings. The fraction of sp³-hybridized carbons (Fsp3) is 0.294. The highest BCUT2D eigenvalue weighted by molar-refractivity contribution is 6.28. The average Bonchev–Trinajstić information content (AvgIpc) is 2.88. The Labute approximate surface area is 133 Å². The van der Waals surface area contributed by atoms with Crippen LogP contribution in [0.3, 0.4) is 0 Å². The van der Waals surface area contributed by atoms with Crippen molar-refractivity contribution in [2.45, 2.75) is 25.5 Å². The lowest BCUT2D eigenvalue weighted by Crippen LogP contribution is -2.26. The Kier molecular flexibility index (Phi) is 3.36. The van der Waals surface area contributed by atoms with Gasteiger partial charge in [0.1, 0.15) is 0 Å². The maximum atomic E-state index is 5.99. The molecule has 1 atom stereocenters. The van der Waals surface area contributed by atoms with E-state index in [0.29, 0.717) is 0 Å². The summed E-state index contributed by atoms with van der Waals surface area (Å²) in [6, 6.07) is 10.4. The first kappa shape index (κ1) is 13.7. The van der Waals surface area contributed by atoms with Crippen molar-refractivity contribution in [2.75, 3.05) is 7.11 Å². The third-order valence-electron chi connectivity index (χ3n) is 4.38. The summed E-state index contributed by atoms with van der Waals surface area (Å²) in [6.45, 7) is 0.880. The van der Waals surface area contributed by atoms with Crippen LogP contribution in [-0.2, 0) is 17.7 Å². The van der Waals surface area contributed by atoms with Crippen molar-refractivity contribution in [3.05, 3.63) is 47.5 Å². The summed E-state index contributed by atoms with van der Waals surface area (Å²) >= 11 is 5.99. The molecule has 0 radical (unpaired) electrons. The zero-order valence-corrected chi connectivity index (χ0v) is 13.0. The second-order valence-electron chi connectivity index (χ2n) is 5.56. The van der Waals surface area contributed by atoms with E-state index < -0.39 is 0 Å². The van der Waals surface area contributed by atoms with Crippen molar-refractivity contribution in [3.8, 4) is 11.3 Å². The van der Waals surface area contributed by atoms with E-state index in [9.17, 15) is 0 Å². The standard InChI is InChI=1S/C17H16ClN3O/c1-22-11-6-7-15-16(13-8-9-19-17(18)20-13)12-4-2-3-5-14(12)21(15)10-11/h2-5,8-9,11H,6-7,10H2,1H3. The molecule has 0 bridgehead atoms. The van der Waals surface area contributed by atoms with Gasteiger partial charge < -0.3 is 9.30 Å². The van der Waals surface area contributed by atoms with Crippen LogP contribution in [0.25, 0.3) is 22.2 Å². The molecule has 0 aliphatic carbocycles. The fourth-order valence-electron chi connectivity index (χ4n) is 3.37. The van der Waals surface area contributed by atoms with E-state index in [1.807, 2.05) is 6.07 Å². The molecule has 1 aromatic carbocycles. The van der Waals surface area contributed by atoms with E-state index in [-0.39, 0.29) is 11.4 Å². The topological polar surface area (TPSA) is 39.9 Å². The lowest BCUT2D eigenvalue weighted by Gasteiger charge is -2.24. The first-order chi connectivity index (χ1) is 10.8. The average molecular weight is 314 g/mol.